The number of hydrogen-bond donors (Lipinski definition) is 1. The zero-order valence-corrected chi connectivity index (χ0v) is 19.1. The van der Waals surface area contributed by atoms with Gasteiger partial charge in [0.25, 0.3) is 0 Å². The van der Waals surface area contributed by atoms with E-state index in [0.717, 1.165) is 11.3 Å². The summed E-state index contributed by atoms with van der Waals surface area (Å²) in [6.45, 7) is 1.84. The standard InChI is InChI=1S/C25H22FN7O2/c1-16-13-22(30-23(34)12-5-17-3-10-20(35-2)11-4-17)33(31-16)25-21-14-29-32(24(21)27-15-28-25)19-8-6-18(26)7-9-19/h3-4,6-11,13-15H,5,12H2,1-2H3,(H,30,34). The van der Waals surface area contributed by atoms with E-state index in [1.165, 1.54) is 18.5 Å². The SMILES string of the molecule is COc1ccc(CCC(=O)Nc2cc(C)nn2-c2ncnc3c2cnn3-c2ccc(F)cc2)cc1. The fourth-order valence-corrected chi connectivity index (χ4v) is 3.78. The van der Waals surface area contributed by atoms with Gasteiger partial charge in [0.2, 0.25) is 5.91 Å². The van der Waals surface area contributed by atoms with Crippen molar-refractivity contribution >= 4 is 22.8 Å². The molecule has 3 aromatic heterocycles. The number of nitrogens with zero attached hydrogens (tertiary/aromatic N) is 6. The molecule has 2 aromatic carbocycles. The second-order valence-electron chi connectivity index (χ2n) is 7.95. The number of halogens is 1. The van der Waals surface area contributed by atoms with E-state index in [0.29, 0.717) is 46.9 Å². The maximum atomic E-state index is 13.4. The number of benzene rings is 2. The van der Waals surface area contributed by atoms with E-state index in [1.807, 2.05) is 31.2 Å². The largest absolute Gasteiger partial charge is 0.497 e. The van der Waals surface area contributed by atoms with Crippen molar-refractivity contribution in [3.63, 3.8) is 0 Å². The number of fused-ring (bicyclic) bond motifs is 1. The zero-order chi connectivity index (χ0) is 24.4. The number of methoxy groups -OCH3 is 1. The van der Waals surface area contributed by atoms with E-state index < -0.39 is 0 Å². The van der Waals surface area contributed by atoms with Gasteiger partial charge >= 0.3 is 0 Å². The van der Waals surface area contributed by atoms with Crippen LogP contribution in [0.1, 0.15) is 17.7 Å². The molecule has 0 unspecified atom stereocenters. The van der Waals surface area contributed by atoms with Crippen molar-refractivity contribution in [2.75, 3.05) is 12.4 Å². The summed E-state index contributed by atoms with van der Waals surface area (Å²) in [6, 6.07) is 15.4. The number of amides is 1. The van der Waals surface area contributed by atoms with Gasteiger partial charge in [0.1, 0.15) is 23.7 Å². The Kier molecular flexibility index (Phi) is 5.92. The van der Waals surface area contributed by atoms with Gasteiger partial charge in [-0.05, 0) is 55.3 Å². The molecule has 0 aliphatic rings. The van der Waals surface area contributed by atoms with Crippen LogP contribution in [0.2, 0.25) is 0 Å². The van der Waals surface area contributed by atoms with E-state index in [1.54, 1.807) is 40.9 Å². The zero-order valence-electron chi connectivity index (χ0n) is 19.1. The highest BCUT2D eigenvalue weighted by molar-refractivity contribution is 5.91. The van der Waals surface area contributed by atoms with E-state index in [2.05, 4.69) is 25.5 Å². The first-order valence-corrected chi connectivity index (χ1v) is 11.0. The van der Waals surface area contributed by atoms with Crippen LogP contribution in [0.25, 0.3) is 22.5 Å². The Labute approximate surface area is 200 Å². The second-order valence-corrected chi connectivity index (χ2v) is 7.95. The Balaban J connectivity index is 1.40. The lowest BCUT2D eigenvalue weighted by Crippen LogP contribution is -2.16. The van der Waals surface area contributed by atoms with Crippen LogP contribution in [0.3, 0.4) is 0 Å². The highest BCUT2D eigenvalue weighted by Crippen LogP contribution is 2.24. The number of nitrogens with one attached hydrogen (secondary N) is 1. The summed E-state index contributed by atoms with van der Waals surface area (Å²) in [5.41, 5.74) is 2.95. The first-order chi connectivity index (χ1) is 17.0. The number of hydrogen-bond acceptors (Lipinski definition) is 6. The molecule has 0 atom stereocenters. The molecule has 0 spiro atoms. The Bertz CT molecular complexity index is 1490. The average Bonchev–Trinajstić information content (AvgIpc) is 3.46. The number of carbonyl (C=O) groups is 1. The second kappa shape index (κ2) is 9.34. The van der Waals surface area contributed by atoms with Crippen molar-refractivity contribution in [3.8, 4) is 17.3 Å². The fraction of sp³-hybridized carbons (Fsp3) is 0.160. The molecule has 0 saturated heterocycles. The molecular formula is C25H22FN7O2. The number of aromatic nitrogens is 6. The van der Waals surface area contributed by atoms with Gasteiger partial charge in [-0.25, -0.2) is 19.0 Å². The molecule has 0 radical (unpaired) electrons. The number of carbonyl (C=O) groups excluding carboxylic acids is 1. The van der Waals surface area contributed by atoms with Crippen LogP contribution in [0.15, 0.2) is 67.1 Å². The third-order valence-electron chi connectivity index (χ3n) is 5.52. The van der Waals surface area contributed by atoms with Crippen LogP contribution in [-0.4, -0.2) is 42.5 Å². The van der Waals surface area contributed by atoms with E-state index in [-0.39, 0.29) is 11.7 Å². The van der Waals surface area contributed by atoms with Gasteiger partial charge in [-0.1, -0.05) is 12.1 Å². The summed E-state index contributed by atoms with van der Waals surface area (Å²) in [6.07, 6.45) is 3.93. The van der Waals surface area contributed by atoms with Crippen molar-refractivity contribution in [1.29, 1.82) is 0 Å². The summed E-state index contributed by atoms with van der Waals surface area (Å²) in [7, 11) is 1.62. The van der Waals surface area contributed by atoms with E-state index >= 15 is 0 Å². The molecule has 10 heteroatoms. The first kappa shape index (κ1) is 22.2. The Morgan fingerprint density at radius 2 is 1.83 bits per heavy atom. The molecular weight excluding hydrogens is 449 g/mol. The molecule has 5 rings (SSSR count). The number of aryl methyl sites for hydroxylation is 2. The van der Waals surface area contributed by atoms with E-state index in [4.69, 9.17) is 4.74 Å². The third-order valence-corrected chi connectivity index (χ3v) is 5.52. The quantitative estimate of drug-likeness (QED) is 0.385. The van der Waals surface area contributed by atoms with Crippen molar-refractivity contribution in [2.45, 2.75) is 19.8 Å². The summed E-state index contributed by atoms with van der Waals surface area (Å²) in [5.74, 6) is 1.27. The molecule has 5 aromatic rings. The van der Waals surface area contributed by atoms with Crippen LogP contribution in [-0.2, 0) is 11.2 Å². The van der Waals surface area contributed by atoms with Crippen LogP contribution >= 0.6 is 0 Å². The van der Waals surface area contributed by atoms with Crippen molar-refractivity contribution < 1.29 is 13.9 Å². The van der Waals surface area contributed by atoms with Crippen LogP contribution in [0.5, 0.6) is 5.75 Å². The molecule has 9 nitrogen and oxygen atoms in total. The predicted octanol–water partition coefficient (Wildman–Crippen LogP) is 4.03. The highest BCUT2D eigenvalue weighted by atomic mass is 19.1. The lowest BCUT2D eigenvalue weighted by molar-refractivity contribution is -0.116. The molecule has 3 heterocycles. The molecule has 0 fully saturated rings. The maximum Gasteiger partial charge on any atom is 0.225 e. The Morgan fingerprint density at radius 3 is 2.57 bits per heavy atom. The molecule has 1 N–H and O–H groups in total. The molecule has 0 bridgehead atoms. The minimum Gasteiger partial charge on any atom is -0.497 e. The average molecular weight is 471 g/mol. The lowest BCUT2D eigenvalue weighted by Gasteiger charge is -2.09. The van der Waals surface area contributed by atoms with Gasteiger partial charge in [0.15, 0.2) is 11.5 Å². The highest BCUT2D eigenvalue weighted by Gasteiger charge is 2.17. The number of anilines is 1. The van der Waals surface area contributed by atoms with Gasteiger partial charge < -0.3 is 10.1 Å². The Hall–Kier alpha value is -4.60. The summed E-state index contributed by atoms with van der Waals surface area (Å²) in [4.78, 5) is 21.5. The molecule has 0 aliphatic heterocycles. The summed E-state index contributed by atoms with van der Waals surface area (Å²) in [5, 5.41) is 12.5. The predicted molar refractivity (Wildman–Crippen MR) is 128 cm³/mol. The van der Waals surface area contributed by atoms with Gasteiger partial charge in [0, 0.05) is 12.5 Å². The molecule has 0 aliphatic carbocycles. The topological polar surface area (TPSA) is 99.8 Å². The fourth-order valence-electron chi connectivity index (χ4n) is 3.78. The van der Waals surface area contributed by atoms with Crippen LogP contribution < -0.4 is 10.1 Å². The monoisotopic (exact) mass is 471 g/mol. The summed E-state index contributed by atoms with van der Waals surface area (Å²) < 4.78 is 21.7. The summed E-state index contributed by atoms with van der Waals surface area (Å²) >= 11 is 0. The normalized spacial score (nSPS) is 11.1. The minimum atomic E-state index is -0.333. The van der Waals surface area contributed by atoms with Crippen molar-refractivity contribution in [2.24, 2.45) is 0 Å². The van der Waals surface area contributed by atoms with Crippen LogP contribution in [0, 0.1) is 12.7 Å². The van der Waals surface area contributed by atoms with Gasteiger partial charge in [-0.3, -0.25) is 4.79 Å². The van der Waals surface area contributed by atoms with Gasteiger partial charge in [0.05, 0.1) is 30.1 Å². The van der Waals surface area contributed by atoms with Gasteiger partial charge in [-0.15, -0.1) is 0 Å². The Morgan fingerprint density at radius 1 is 1.06 bits per heavy atom. The molecule has 35 heavy (non-hydrogen) atoms. The molecule has 1 amide bonds. The number of rotatable bonds is 7. The van der Waals surface area contributed by atoms with Gasteiger partial charge in [-0.2, -0.15) is 14.9 Å². The smallest absolute Gasteiger partial charge is 0.225 e. The first-order valence-electron chi connectivity index (χ1n) is 11.0. The molecule has 176 valence electrons. The minimum absolute atomic E-state index is 0.144. The van der Waals surface area contributed by atoms with E-state index in [9.17, 15) is 9.18 Å². The van der Waals surface area contributed by atoms with Crippen molar-refractivity contribution in [1.82, 2.24) is 29.5 Å². The third kappa shape index (κ3) is 4.58. The maximum absolute atomic E-state index is 13.4. The lowest BCUT2D eigenvalue weighted by atomic mass is 10.1. The van der Waals surface area contributed by atoms with Crippen LogP contribution in [0.4, 0.5) is 10.2 Å². The molecule has 0 saturated carbocycles. The van der Waals surface area contributed by atoms with Crippen molar-refractivity contribution in [3.05, 3.63) is 84.2 Å². The number of ether oxygens (including phenoxy) is 1.